The van der Waals surface area contributed by atoms with Crippen molar-refractivity contribution in [2.45, 2.75) is 97.8 Å². The lowest BCUT2D eigenvalue weighted by atomic mass is 9.91. The van der Waals surface area contributed by atoms with Crippen LogP contribution in [0.5, 0.6) is 0 Å². The van der Waals surface area contributed by atoms with Crippen LogP contribution in [-0.2, 0) is 0 Å². The fourth-order valence-electron chi connectivity index (χ4n) is 5.86. The van der Waals surface area contributed by atoms with E-state index in [0.717, 1.165) is 60.9 Å². The van der Waals surface area contributed by atoms with Gasteiger partial charge in [-0.2, -0.15) is 0 Å². The number of piperidine rings is 1. The first-order valence-electron chi connectivity index (χ1n) is 15.8. The van der Waals surface area contributed by atoms with Crippen LogP contribution in [0, 0.1) is 17.8 Å². The van der Waals surface area contributed by atoms with Gasteiger partial charge in [-0.3, -0.25) is 0 Å². The number of benzene rings is 1. The lowest BCUT2D eigenvalue weighted by Crippen LogP contribution is -2.35. The van der Waals surface area contributed by atoms with Crippen molar-refractivity contribution >= 4 is 23.4 Å². The zero-order chi connectivity index (χ0) is 29.3. The zero-order valence-electron chi connectivity index (χ0n) is 26.2. The molecule has 0 radical (unpaired) electrons. The molecule has 0 bridgehead atoms. The molecule has 1 aromatic heterocycles. The van der Waals surface area contributed by atoms with Crippen LogP contribution in [0.15, 0.2) is 37.0 Å². The van der Waals surface area contributed by atoms with Crippen molar-refractivity contribution in [3.8, 4) is 0 Å². The highest BCUT2D eigenvalue weighted by molar-refractivity contribution is 5.67. The van der Waals surface area contributed by atoms with Crippen LogP contribution in [-0.4, -0.2) is 36.6 Å². The maximum atomic E-state index is 5.80. The Morgan fingerprint density at radius 2 is 1.62 bits per heavy atom. The number of anilines is 3. The third kappa shape index (κ3) is 11.2. The van der Waals surface area contributed by atoms with Crippen molar-refractivity contribution in [3.05, 3.63) is 48.3 Å². The van der Waals surface area contributed by atoms with Crippen molar-refractivity contribution in [2.75, 3.05) is 36.9 Å². The molecule has 1 saturated carbocycles. The monoisotopic (exact) mass is 550 g/mol. The molecule has 2 fully saturated rings. The Hall–Kier alpha value is -2.44. The van der Waals surface area contributed by atoms with Gasteiger partial charge in [-0.15, -0.1) is 0 Å². The van der Waals surface area contributed by atoms with E-state index < -0.39 is 0 Å². The number of nitrogens with one attached hydrogen (secondary N) is 1. The second-order valence-corrected chi connectivity index (χ2v) is 11.9. The highest BCUT2D eigenvalue weighted by atomic mass is 15.2. The molecule has 1 aromatic carbocycles. The molecule has 1 saturated heterocycles. The smallest absolute Gasteiger partial charge is 0.158 e. The lowest BCUT2D eigenvalue weighted by molar-refractivity contribution is 0.444. The Labute approximate surface area is 245 Å². The third-order valence-electron chi connectivity index (χ3n) is 8.31. The Morgan fingerprint density at radius 3 is 2.20 bits per heavy atom. The number of aromatic nitrogens is 2. The Balaban J connectivity index is 0.000000428. The molecule has 2 aliphatic rings. The minimum Gasteiger partial charge on any atom is -0.355 e. The quantitative estimate of drug-likeness (QED) is 0.273. The maximum absolute atomic E-state index is 5.80. The summed E-state index contributed by atoms with van der Waals surface area (Å²) in [5, 5.41) is 3.45. The van der Waals surface area contributed by atoms with E-state index in [4.69, 9.17) is 10.7 Å². The van der Waals surface area contributed by atoms with E-state index in [1.54, 1.807) is 6.08 Å². The summed E-state index contributed by atoms with van der Waals surface area (Å²) >= 11 is 0. The molecule has 4 rings (SSSR count). The van der Waals surface area contributed by atoms with E-state index in [9.17, 15) is 0 Å². The SMILES string of the molecule is C=Cc1ncc(N2CCCC(C)C2)nc1Nc1ccc(C(CCC)CCN)cc1.CC1CCCC(C)CC1.CN. The summed E-state index contributed by atoms with van der Waals surface area (Å²) in [6.07, 6.45) is 16.9. The van der Waals surface area contributed by atoms with E-state index in [1.807, 2.05) is 6.20 Å². The van der Waals surface area contributed by atoms with Gasteiger partial charge >= 0.3 is 0 Å². The fourth-order valence-corrected chi connectivity index (χ4v) is 5.86. The second kappa shape index (κ2) is 18.8. The standard InChI is InChI=1S/C24H35N5.C9H18.CH5N/c1-4-7-19(13-14-25)20-9-11-21(12-10-20)27-24-22(5-2)26-16-23(28-24)29-15-6-8-18(3)17-29;1-8-4-3-5-9(2)7-6-8;1-2/h5,9-12,16,18-19H,2,4,6-8,13-15,17,25H2,1,3H3,(H,27,28);8-9H,3-7H2,1-2H3;2H2,1H3. The summed E-state index contributed by atoms with van der Waals surface area (Å²) in [5.41, 5.74) is 13.4. The van der Waals surface area contributed by atoms with Crippen molar-refractivity contribution < 1.29 is 0 Å². The molecular weight excluding hydrogens is 492 g/mol. The van der Waals surface area contributed by atoms with Crippen molar-refractivity contribution in [1.82, 2.24) is 9.97 Å². The van der Waals surface area contributed by atoms with Crippen LogP contribution >= 0.6 is 0 Å². The summed E-state index contributed by atoms with van der Waals surface area (Å²) in [6.45, 7) is 16.0. The molecule has 0 amide bonds. The van der Waals surface area contributed by atoms with Gasteiger partial charge in [0.25, 0.3) is 0 Å². The molecule has 6 nitrogen and oxygen atoms in total. The van der Waals surface area contributed by atoms with E-state index >= 15 is 0 Å². The number of hydrogen-bond donors (Lipinski definition) is 3. The predicted molar refractivity (Wildman–Crippen MR) is 175 cm³/mol. The molecular formula is C34H58N6. The minimum atomic E-state index is 0.534. The van der Waals surface area contributed by atoms with Crippen LogP contribution in [0.25, 0.3) is 6.08 Å². The average Bonchev–Trinajstić information content (AvgIpc) is 3.17. The number of nitrogens with zero attached hydrogens (tertiary/aromatic N) is 3. The van der Waals surface area contributed by atoms with Crippen LogP contribution in [0.1, 0.15) is 109 Å². The van der Waals surface area contributed by atoms with Gasteiger partial charge < -0.3 is 21.7 Å². The largest absolute Gasteiger partial charge is 0.355 e. The van der Waals surface area contributed by atoms with Gasteiger partial charge in [0.05, 0.1) is 6.20 Å². The summed E-state index contributed by atoms with van der Waals surface area (Å²) in [6, 6.07) is 8.66. The average molecular weight is 551 g/mol. The van der Waals surface area contributed by atoms with Gasteiger partial charge in [-0.05, 0) is 86.7 Å². The van der Waals surface area contributed by atoms with E-state index in [2.05, 4.69) is 79.5 Å². The fraction of sp³-hybridized carbons (Fsp3) is 0.647. The Morgan fingerprint density at radius 1 is 0.975 bits per heavy atom. The van der Waals surface area contributed by atoms with Crippen LogP contribution in [0.4, 0.5) is 17.3 Å². The molecule has 2 heterocycles. The predicted octanol–water partition coefficient (Wildman–Crippen LogP) is 8.13. The van der Waals surface area contributed by atoms with Crippen LogP contribution in [0.2, 0.25) is 0 Å². The molecule has 1 aliphatic carbocycles. The summed E-state index contributed by atoms with van der Waals surface area (Å²) < 4.78 is 0. The Bertz CT molecular complexity index is 943. The molecule has 1 aliphatic heterocycles. The molecule has 0 spiro atoms. The molecule has 4 atom stereocenters. The first-order chi connectivity index (χ1) is 19.4. The normalized spacial score (nSPS) is 21.6. The number of hydrogen-bond acceptors (Lipinski definition) is 6. The summed E-state index contributed by atoms with van der Waals surface area (Å²) in [5.74, 6) is 4.94. The Kier molecular flexibility index (Phi) is 15.9. The van der Waals surface area contributed by atoms with Crippen molar-refractivity contribution in [2.24, 2.45) is 29.2 Å². The molecule has 40 heavy (non-hydrogen) atoms. The topological polar surface area (TPSA) is 93.1 Å². The first kappa shape index (κ1) is 33.8. The van der Waals surface area contributed by atoms with E-state index in [0.29, 0.717) is 11.8 Å². The highest BCUT2D eigenvalue weighted by Crippen LogP contribution is 2.29. The zero-order valence-corrected chi connectivity index (χ0v) is 26.2. The van der Waals surface area contributed by atoms with Crippen LogP contribution in [0.3, 0.4) is 0 Å². The van der Waals surface area contributed by atoms with Gasteiger partial charge in [-0.25, -0.2) is 9.97 Å². The molecule has 224 valence electrons. The molecule has 4 unspecified atom stereocenters. The van der Waals surface area contributed by atoms with Gasteiger partial charge in [0.15, 0.2) is 5.82 Å². The second-order valence-electron chi connectivity index (χ2n) is 11.9. The minimum absolute atomic E-state index is 0.534. The van der Waals surface area contributed by atoms with Gasteiger partial charge in [0, 0.05) is 18.8 Å². The van der Waals surface area contributed by atoms with Crippen LogP contribution < -0.4 is 21.7 Å². The summed E-state index contributed by atoms with van der Waals surface area (Å²) in [7, 11) is 1.50. The number of rotatable bonds is 9. The van der Waals surface area contributed by atoms with Gasteiger partial charge in [0.1, 0.15) is 11.5 Å². The molecule has 5 N–H and O–H groups in total. The lowest BCUT2D eigenvalue weighted by Gasteiger charge is -2.31. The summed E-state index contributed by atoms with van der Waals surface area (Å²) in [4.78, 5) is 11.8. The molecule has 2 aromatic rings. The first-order valence-corrected chi connectivity index (χ1v) is 15.8. The van der Waals surface area contributed by atoms with E-state index in [-0.39, 0.29) is 0 Å². The van der Waals surface area contributed by atoms with Crippen molar-refractivity contribution in [1.29, 1.82) is 0 Å². The van der Waals surface area contributed by atoms with Crippen molar-refractivity contribution in [3.63, 3.8) is 0 Å². The van der Waals surface area contributed by atoms with Gasteiger partial charge in [-0.1, -0.05) is 84.9 Å². The molecule has 6 heteroatoms. The highest BCUT2D eigenvalue weighted by Gasteiger charge is 2.19. The maximum Gasteiger partial charge on any atom is 0.158 e. The van der Waals surface area contributed by atoms with Gasteiger partial charge in [0.2, 0.25) is 0 Å². The number of nitrogens with two attached hydrogens (primary N) is 2. The third-order valence-corrected chi connectivity index (χ3v) is 8.31. The van der Waals surface area contributed by atoms with E-state index in [1.165, 1.54) is 70.4 Å².